The molecule has 0 saturated carbocycles. The van der Waals surface area contributed by atoms with Crippen LogP contribution in [-0.2, 0) is 6.61 Å². The minimum Gasteiger partial charge on any atom is -0.484 e. The number of rotatable bonds is 4. The third kappa shape index (κ3) is 3.38. The predicted molar refractivity (Wildman–Crippen MR) is 66.6 cm³/mol. The van der Waals surface area contributed by atoms with Gasteiger partial charge in [-0.3, -0.25) is 10.1 Å². The van der Waals surface area contributed by atoms with Gasteiger partial charge in [-0.1, -0.05) is 17.7 Å². The Kier molecular flexibility index (Phi) is 3.91. The fourth-order valence-corrected chi connectivity index (χ4v) is 1.58. The maximum absolute atomic E-state index is 13.5. The number of aromatic nitrogens is 1. The van der Waals surface area contributed by atoms with Crippen LogP contribution in [0.25, 0.3) is 0 Å². The van der Waals surface area contributed by atoms with E-state index < -0.39 is 10.7 Å². The molecule has 1 aromatic heterocycles. The Morgan fingerprint density at radius 2 is 2.16 bits per heavy atom. The molecule has 0 amide bonds. The zero-order chi connectivity index (χ0) is 13.8. The van der Waals surface area contributed by atoms with Gasteiger partial charge in [-0.15, -0.1) is 0 Å². The average Bonchev–Trinajstić information content (AvgIpc) is 2.37. The van der Waals surface area contributed by atoms with Gasteiger partial charge in [0, 0.05) is 6.07 Å². The molecule has 0 spiro atoms. The molecule has 0 bridgehead atoms. The maximum Gasteiger partial charge on any atom is 0.272 e. The smallest absolute Gasteiger partial charge is 0.272 e. The van der Waals surface area contributed by atoms with E-state index in [1.54, 1.807) is 18.2 Å². The Morgan fingerprint density at radius 3 is 2.79 bits per heavy atom. The molecule has 0 unspecified atom stereocenters. The van der Waals surface area contributed by atoms with E-state index in [2.05, 4.69) is 4.98 Å². The van der Waals surface area contributed by atoms with Crippen LogP contribution in [0.5, 0.6) is 5.75 Å². The fourth-order valence-electron chi connectivity index (χ4n) is 1.40. The molecule has 0 saturated heterocycles. The quantitative estimate of drug-likeness (QED) is 0.490. The van der Waals surface area contributed by atoms with Gasteiger partial charge >= 0.3 is 0 Å². The van der Waals surface area contributed by atoms with E-state index in [0.717, 1.165) is 6.07 Å². The Bertz CT molecular complexity index is 622. The lowest BCUT2D eigenvalue weighted by Crippen LogP contribution is -2.00. The summed E-state index contributed by atoms with van der Waals surface area (Å²) in [7, 11) is 0. The number of hydrogen-bond acceptors (Lipinski definition) is 4. The standard InChI is InChI=1S/C12H8ClFN2O3/c13-12-3-1-2-8(15-12)7-19-11-5-4-9(16(17)18)6-10(11)14/h1-6H,7H2. The molecule has 0 aliphatic heterocycles. The Hall–Kier alpha value is -2.21. The summed E-state index contributed by atoms with van der Waals surface area (Å²) in [6, 6.07) is 8.16. The summed E-state index contributed by atoms with van der Waals surface area (Å²) in [5.41, 5.74) is 0.205. The summed E-state index contributed by atoms with van der Waals surface area (Å²) in [6.45, 7) is 0.0231. The predicted octanol–water partition coefficient (Wildman–Crippen LogP) is 3.36. The van der Waals surface area contributed by atoms with Crippen LogP contribution < -0.4 is 4.74 Å². The molecular formula is C12H8ClFN2O3. The highest BCUT2D eigenvalue weighted by Gasteiger charge is 2.11. The van der Waals surface area contributed by atoms with Crippen LogP contribution in [0.3, 0.4) is 0 Å². The zero-order valence-corrected chi connectivity index (χ0v) is 10.3. The van der Waals surface area contributed by atoms with Gasteiger partial charge < -0.3 is 4.74 Å². The van der Waals surface area contributed by atoms with Crippen molar-refractivity contribution in [1.82, 2.24) is 4.98 Å². The molecule has 1 heterocycles. The number of non-ortho nitro benzene ring substituents is 1. The van der Waals surface area contributed by atoms with Crippen LogP contribution in [0.1, 0.15) is 5.69 Å². The third-order valence-electron chi connectivity index (χ3n) is 2.27. The van der Waals surface area contributed by atoms with E-state index in [-0.39, 0.29) is 18.0 Å². The molecule has 2 rings (SSSR count). The number of pyridine rings is 1. The van der Waals surface area contributed by atoms with Gasteiger partial charge in [0.1, 0.15) is 11.8 Å². The summed E-state index contributed by atoms with van der Waals surface area (Å²) in [4.78, 5) is 13.8. The van der Waals surface area contributed by atoms with Crippen LogP contribution in [0.2, 0.25) is 5.15 Å². The van der Waals surface area contributed by atoms with E-state index in [1.807, 2.05) is 0 Å². The molecule has 5 nitrogen and oxygen atoms in total. The van der Waals surface area contributed by atoms with Crippen LogP contribution in [0, 0.1) is 15.9 Å². The Labute approximate surface area is 112 Å². The number of halogens is 2. The SMILES string of the molecule is O=[N+]([O-])c1ccc(OCc2cccc(Cl)n2)c(F)c1. The number of nitro groups is 1. The molecule has 0 N–H and O–H groups in total. The minimum atomic E-state index is -0.795. The molecule has 19 heavy (non-hydrogen) atoms. The molecule has 0 aliphatic carbocycles. The van der Waals surface area contributed by atoms with Crippen LogP contribution >= 0.6 is 11.6 Å². The summed E-state index contributed by atoms with van der Waals surface area (Å²) < 4.78 is 18.7. The van der Waals surface area contributed by atoms with Crippen molar-refractivity contribution in [1.29, 1.82) is 0 Å². The van der Waals surface area contributed by atoms with Crippen molar-refractivity contribution in [2.24, 2.45) is 0 Å². The molecule has 0 atom stereocenters. The first-order chi connectivity index (χ1) is 9.06. The Balaban J connectivity index is 2.10. The highest BCUT2D eigenvalue weighted by atomic mass is 35.5. The molecule has 0 fully saturated rings. The molecular weight excluding hydrogens is 275 g/mol. The summed E-state index contributed by atoms with van der Waals surface area (Å²) in [5, 5.41) is 10.8. The molecule has 98 valence electrons. The van der Waals surface area contributed by atoms with E-state index in [9.17, 15) is 14.5 Å². The third-order valence-corrected chi connectivity index (χ3v) is 2.49. The number of benzene rings is 1. The van der Waals surface area contributed by atoms with Crippen molar-refractivity contribution in [2.45, 2.75) is 6.61 Å². The lowest BCUT2D eigenvalue weighted by atomic mass is 10.3. The fraction of sp³-hybridized carbons (Fsp3) is 0.0833. The molecule has 0 aliphatic rings. The van der Waals surface area contributed by atoms with Crippen molar-refractivity contribution in [3.05, 3.63) is 63.2 Å². The van der Waals surface area contributed by atoms with Gasteiger partial charge in [0.15, 0.2) is 11.6 Å². The van der Waals surface area contributed by atoms with Gasteiger partial charge in [-0.2, -0.15) is 0 Å². The number of nitrogens with zero attached hydrogens (tertiary/aromatic N) is 2. The summed E-state index contributed by atoms with van der Waals surface area (Å²) in [5.74, 6) is -0.872. The largest absolute Gasteiger partial charge is 0.484 e. The van der Waals surface area contributed by atoms with E-state index in [0.29, 0.717) is 10.8 Å². The van der Waals surface area contributed by atoms with Crippen molar-refractivity contribution in [2.75, 3.05) is 0 Å². The second-order valence-corrected chi connectivity index (χ2v) is 4.00. The van der Waals surface area contributed by atoms with Gasteiger partial charge in [0.2, 0.25) is 0 Å². The topological polar surface area (TPSA) is 65.3 Å². The van der Waals surface area contributed by atoms with Gasteiger partial charge in [-0.25, -0.2) is 9.37 Å². The lowest BCUT2D eigenvalue weighted by Gasteiger charge is -2.06. The molecule has 0 radical (unpaired) electrons. The highest BCUT2D eigenvalue weighted by Crippen LogP contribution is 2.23. The first kappa shape index (κ1) is 13.2. The second-order valence-electron chi connectivity index (χ2n) is 3.61. The highest BCUT2D eigenvalue weighted by molar-refractivity contribution is 6.29. The summed E-state index contributed by atoms with van der Waals surface area (Å²) in [6.07, 6.45) is 0. The Morgan fingerprint density at radius 1 is 1.37 bits per heavy atom. The number of hydrogen-bond donors (Lipinski definition) is 0. The number of nitro benzene ring substituents is 1. The maximum atomic E-state index is 13.5. The first-order valence-electron chi connectivity index (χ1n) is 5.24. The van der Waals surface area contributed by atoms with Crippen LogP contribution in [-0.4, -0.2) is 9.91 Å². The minimum absolute atomic E-state index is 0.0231. The van der Waals surface area contributed by atoms with Crippen molar-refractivity contribution in [3.8, 4) is 5.75 Å². The first-order valence-corrected chi connectivity index (χ1v) is 5.62. The molecule has 2 aromatic rings. The van der Waals surface area contributed by atoms with Gasteiger partial charge in [0.05, 0.1) is 16.7 Å². The molecule has 7 heteroatoms. The zero-order valence-electron chi connectivity index (χ0n) is 9.55. The van der Waals surface area contributed by atoms with E-state index >= 15 is 0 Å². The van der Waals surface area contributed by atoms with E-state index in [1.165, 1.54) is 12.1 Å². The normalized spacial score (nSPS) is 10.2. The summed E-state index contributed by atoms with van der Waals surface area (Å²) >= 11 is 5.70. The second kappa shape index (κ2) is 5.62. The average molecular weight is 283 g/mol. The van der Waals surface area contributed by atoms with Crippen LogP contribution in [0.4, 0.5) is 10.1 Å². The number of ether oxygens (including phenoxy) is 1. The van der Waals surface area contributed by atoms with Crippen molar-refractivity contribution >= 4 is 17.3 Å². The molecule has 1 aromatic carbocycles. The van der Waals surface area contributed by atoms with Gasteiger partial charge in [0.25, 0.3) is 5.69 Å². The van der Waals surface area contributed by atoms with Crippen LogP contribution in [0.15, 0.2) is 36.4 Å². The van der Waals surface area contributed by atoms with Crippen molar-refractivity contribution < 1.29 is 14.1 Å². The van der Waals surface area contributed by atoms with E-state index in [4.69, 9.17) is 16.3 Å². The van der Waals surface area contributed by atoms with Gasteiger partial charge in [-0.05, 0) is 18.2 Å². The lowest BCUT2D eigenvalue weighted by molar-refractivity contribution is -0.385. The monoisotopic (exact) mass is 282 g/mol. The van der Waals surface area contributed by atoms with Crippen molar-refractivity contribution in [3.63, 3.8) is 0 Å².